The molecule has 0 atom stereocenters. The summed E-state index contributed by atoms with van der Waals surface area (Å²) in [6.07, 6.45) is 3.83. The average molecular weight is 453 g/mol. The van der Waals surface area contributed by atoms with Crippen molar-refractivity contribution in [3.63, 3.8) is 0 Å². The Balaban J connectivity index is 1.41. The molecule has 0 aliphatic carbocycles. The van der Waals surface area contributed by atoms with Gasteiger partial charge in [-0.1, -0.05) is 42.1 Å². The van der Waals surface area contributed by atoms with Gasteiger partial charge in [0.15, 0.2) is 16.3 Å². The first-order chi connectivity index (χ1) is 16.3. The Morgan fingerprint density at radius 1 is 1.03 bits per heavy atom. The quantitative estimate of drug-likeness (QED) is 0.338. The molecule has 0 amide bonds. The highest BCUT2D eigenvalue weighted by Crippen LogP contribution is 2.29. The second kappa shape index (κ2) is 8.14. The summed E-state index contributed by atoms with van der Waals surface area (Å²) in [7, 11) is 0. The van der Waals surface area contributed by atoms with Gasteiger partial charge in [-0.15, -0.1) is 5.10 Å². The fourth-order valence-electron chi connectivity index (χ4n) is 3.84. The molecule has 0 radical (unpaired) electrons. The summed E-state index contributed by atoms with van der Waals surface area (Å²) in [4.78, 5) is 31.4. The molecular weight excluding hydrogens is 436 g/mol. The van der Waals surface area contributed by atoms with Gasteiger partial charge in [-0.3, -0.25) is 14.4 Å². The van der Waals surface area contributed by atoms with Crippen LogP contribution in [0.2, 0.25) is 0 Å². The Morgan fingerprint density at radius 2 is 1.94 bits per heavy atom. The Bertz CT molecular complexity index is 1560. The number of hydrogen-bond acceptors (Lipinski definition) is 9. The average Bonchev–Trinajstić information content (AvgIpc) is 3.53. The highest BCUT2D eigenvalue weighted by atomic mass is 32.2. The van der Waals surface area contributed by atoms with Crippen molar-refractivity contribution in [1.82, 2.24) is 19.5 Å². The molecule has 2 aromatic carbocycles. The lowest BCUT2D eigenvalue weighted by Crippen LogP contribution is -2.23. The van der Waals surface area contributed by atoms with Crippen molar-refractivity contribution in [2.75, 3.05) is 12.3 Å². The van der Waals surface area contributed by atoms with Gasteiger partial charge in [0.1, 0.15) is 6.54 Å². The van der Waals surface area contributed by atoms with Gasteiger partial charge in [0.25, 0.3) is 5.56 Å². The molecule has 0 unspecified atom stereocenters. The Kier molecular flexibility index (Phi) is 4.84. The lowest BCUT2D eigenvalue weighted by atomic mass is 10.1. The van der Waals surface area contributed by atoms with Gasteiger partial charge in [-0.2, -0.15) is 5.11 Å². The summed E-state index contributed by atoms with van der Waals surface area (Å²) < 4.78 is 1.58. The molecule has 4 heterocycles. The molecule has 2 aromatic heterocycles. The summed E-state index contributed by atoms with van der Waals surface area (Å²) in [5.74, 6) is 0.608. The first-order valence-corrected chi connectivity index (χ1v) is 11.3. The van der Waals surface area contributed by atoms with Crippen LogP contribution in [0.3, 0.4) is 0 Å². The summed E-state index contributed by atoms with van der Waals surface area (Å²) in [6.45, 7) is 0.418. The van der Waals surface area contributed by atoms with Crippen LogP contribution < -0.4 is 5.56 Å². The molecule has 9 nitrogen and oxygen atoms in total. The van der Waals surface area contributed by atoms with Crippen molar-refractivity contribution in [3.8, 4) is 5.69 Å². The molecule has 0 bridgehead atoms. The molecular formula is C23H16N8OS. The van der Waals surface area contributed by atoms with Crippen LogP contribution in [0.25, 0.3) is 16.9 Å². The number of fused-ring (bicyclic) bond motifs is 2. The van der Waals surface area contributed by atoms with E-state index in [-0.39, 0.29) is 11.1 Å². The predicted octanol–water partition coefficient (Wildman–Crippen LogP) is 3.77. The van der Waals surface area contributed by atoms with Crippen LogP contribution in [0.5, 0.6) is 0 Å². The van der Waals surface area contributed by atoms with Crippen molar-refractivity contribution in [1.29, 1.82) is 0 Å². The van der Waals surface area contributed by atoms with E-state index in [2.05, 4.69) is 36.5 Å². The Morgan fingerprint density at radius 3 is 2.82 bits per heavy atom. The zero-order valence-electron chi connectivity index (χ0n) is 17.3. The van der Waals surface area contributed by atoms with Gasteiger partial charge in [0.05, 0.1) is 17.1 Å². The van der Waals surface area contributed by atoms with E-state index in [1.807, 2.05) is 42.5 Å². The molecule has 0 saturated heterocycles. The third kappa shape index (κ3) is 3.64. The van der Waals surface area contributed by atoms with E-state index in [4.69, 9.17) is 4.99 Å². The summed E-state index contributed by atoms with van der Waals surface area (Å²) >= 11 is 1.46. The van der Waals surface area contributed by atoms with Gasteiger partial charge in [0.2, 0.25) is 0 Å². The summed E-state index contributed by atoms with van der Waals surface area (Å²) in [6, 6.07) is 15.7. The first kappa shape index (κ1) is 19.6. The summed E-state index contributed by atoms with van der Waals surface area (Å²) in [5.41, 5.74) is 5.82. The van der Waals surface area contributed by atoms with E-state index < -0.39 is 0 Å². The Labute approximate surface area is 192 Å². The van der Waals surface area contributed by atoms with Crippen molar-refractivity contribution < 1.29 is 0 Å². The highest BCUT2D eigenvalue weighted by Gasteiger charge is 2.19. The molecule has 0 N–H and O–H groups in total. The molecule has 0 saturated carbocycles. The van der Waals surface area contributed by atoms with Crippen LogP contribution in [0.1, 0.15) is 11.1 Å². The molecule has 2 aliphatic heterocycles. The molecule has 0 spiro atoms. The van der Waals surface area contributed by atoms with Gasteiger partial charge in [0, 0.05) is 35.8 Å². The van der Waals surface area contributed by atoms with E-state index >= 15 is 0 Å². The zero-order chi connectivity index (χ0) is 22.2. The van der Waals surface area contributed by atoms with E-state index in [0.717, 1.165) is 29.1 Å². The molecule has 6 rings (SSSR count). The largest absolute Gasteiger partial charge is 0.286 e. The Hall–Kier alpha value is -4.05. The van der Waals surface area contributed by atoms with E-state index in [1.54, 1.807) is 4.57 Å². The number of rotatable bonds is 5. The van der Waals surface area contributed by atoms with Crippen LogP contribution in [-0.2, 0) is 6.42 Å². The second-order valence-electron chi connectivity index (χ2n) is 7.52. The smallest absolute Gasteiger partial charge is 0.266 e. The van der Waals surface area contributed by atoms with Crippen molar-refractivity contribution in [3.05, 3.63) is 82.4 Å². The maximum Gasteiger partial charge on any atom is 0.286 e. The second-order valence-corrected chi connectivity index (χ2v) is 8.46. The number of hydrogen-bond donors (Lipinski definition) is 0. The van der Waals surface area contributed by atoms with Crippen LogP contribution >= 0.6 is 11.8 Å². The van der Waals surface area contributed by atoms with Crippen molar-refractivity contribution >= 4 is 40.0 Å². The topological polar surface area (TPSA) is 110 Å². The van der Waals surface area contributed by atoms with Crippen molar-refractivity contribution in [2.24, 2.45) is 20.4 Å². The number of nitrogens with zero attached hydrogens (tertiary/aromatic N) is 8. The number of benzene rings is 2. The monoisotopic (exact) mass is 452 g/mol. The maximum absolute atomic E-state index is 13.5. The van der Waals surface area contributed by atoms with Crippen LogP contribution in [0.4, 0.5) is 5.69 Å². The molecule has 10 heteroatoms. The standard InChI is InChI=1S/C23H16N8OS/c32-22-20-21(25-9-8-24-20)28-23(33-13-16-10-14-4-1-2-7-18(14)27-16)31(22)17-6-3-5-15(11-17)19-12-26-30-29-19/h1-9,11H,10,12-13H2. The van der Waals surface area contributed by atoms with Crippen LogP contribution in [0, 0.1) is 0 Å². The maximum atomic E-state index is 13.5. The molecule has 160 valence electrons. The number of aromatic nitrogens is 4. The number of thioether (sulfide) groups is 1. The van der Waals surface area contributed by atoms with Gasteiger partial charge in [-0.25, -0.2) is 15.0 Å². The minimum absolute atomic E-state index is 0.223. The molecule has 4 aromatic rings. The lowest BCUT2D eigenvalue weighted by molar-refractivity contribution is 0.810. The lowest BCUT2D eigenvalue weighted by Gasteiger charge is -2.13. The van der Waals surface area contributed by atoms with Gasteiger partial charge < -0.3 is 0 Å². The number of para-hydroxylation sites is 1. The molecule has 2 aliphatic rings. The van der Waals surface area contributed by atoms with Crippen LogP contribution in [-0.4, -0.2) is 43.2 Å². The summed E-state index contributed by atoms with van der Waals surface area (Å²) in [5, 5.41) is 12.2. The highest BCUT2D eigenvalue weighted by molar-refractivity contribution is 7.99. The molecule has 0 fully saturated rings. The number of aliphatic imine (C=N–C) groups is 1. The van der Waals surface area contributed by atoms with E-state index in [9.17, 15) is 4.79 Å². The van der Waals surface area contributed by atoms with Crippen molar-refractivity contribution in [2.45, 2.75) is 11.6 Å². The van der Waals surface area contributed by atoms with E-state index in [1.165, 1.54) is 29.7 Å². The van der Waals surface area contributed by atoms with Gasteiger partial charge in [-0.05, 0) is 29.0 Å². The molecule has 33 heavy (non-hydrogen) atoms. The van der Waals surface area contributed by atoms with Crippen LogP contribution in [0.15, 0.2) is 91.3 Å². The fourth-order valence-corrected chi connectivity index (χ4v) is 4.77. The zero-order valence-corrected chi connectivity index (χ0v) is 18.1. The van der Waals surface area contributed by atoms with E-state index in [0.29, 0.717) is 28.8 Å². The third-order valence-corrected chi connectivity index (χ3v) is 6.41. The fraction of sp³-hybridized carbons (Fsp3) is 0.130. The third-order valence-electron chi connectivity index (χ3n) is 5.40. The normalized spacial score (nSPS) is 14.4. The van der Waals surface area contributed by atoms with Gasteiger partial charge >= 0.3 is 0 Å². The first-order valence-electron chi connectivity index (χ1n) is 10.3. The minimum atomic E-state index is -0.271. The SMILES string of the molecule is O=c1c2nccnc2nc(SCC2=Nc3ccccc3C2)n1-c1cccc(C2=NN=NC2)c1. The minimum Gasteiger partial charge on any atom is -0.266 e. The predicted molar refractivity (Wildman–Crippen MR) is 127 cm³/mol.